The summed E-state index contributed by atoms with van der Waals surface area (Å²) in [6.45, 7) is 3.73. The molecule has 0 saturated carbocycles. The van der Waals surface area contributed by atoms with E-state index in [-0.39, 0.29) is 18.4 Å². The van der Waals surface area contributed by atoms with Crippen LogP contribution in [0.5, 0.6) is 5.75 Å². The quantitative estimate of drug-likeness (QED) is 0.809. The molecule has 2 heterocycles. The maximum Gasteiger partial charge on any atom is 0.325 e. The highest BCUT2D eigenvalue weighted by Gasteiger charge is 2.28. The number of amides is 1. The number of hydrogen-bond donors (Lipinski definition) is 1. The third-order valence-corrected chi connectivity index (χ3v) is 4.66. The van der Waals surface area contributed by atoms with Gasteiger partial charge in [-0.1, -0.05) is 19.1 Å². The molecule has 1 aromatic carbocycles. The highest BCUT2D eigenvalue weighted by molar-refractivity contribution is 5.97. The summed E-state index contributed by atoms with van der Waals surface area (Å²) in [5.74, 6) is -0.219. The Balaban J connectivity index is 1.71. The lowest BCUT2D eigenvalue weighted by Crippen LogP contribution is -2.39. The average molecular weight is 371 g/mol. The number of ether oxygens (including phenoxy) is 1. The van der Waals surface area contributed by atoms with Crippen molar-refractivity contribution in [1.82, 2.24) is 14.7 Å². The van der Waals surface area contributed by atoms with Gasteiger partial charge < -0.3 is 14.7 Å². The summed E-state index contributed by atoms with van der Waals surface area (Å²) in [5.41, 5.74) is 1.42. The Kier molecular flexibility index (Phi) is 6.11. The normalized spacial score (nSPS) is 16.9. The first kappa shape index (κ1) is 18.9. The lowest BCUT2D eigenvalue weighted by molar-refractivity contribution is -0.137. The van der Waals surface area contributed by atoms with Gasteiger partial charge >= 0.3 is 5.97 Å². The van der Waals surface area contributed by atoms with Gasteiger partial charge in [0, 0.05) is 25.2 Å². The van der Waals surface area contributed by atoms with Gasteiger partial charge in [0.1, 0.15) is 12.3 Å². The fraction of sp³-hybridized carbons (Fsp3) is 0.450. The van der Waals surface area contributed by atoms with Gasteiger partial charge in [-0.25, -0.2) is 0 Å². The van der Waals surface area contributed by atoms with Gasteiger partial charge in [0.2, 0.25) is 0 Å². The Labute approximate surface area is 158 Å². The maximum atomic E-state index is 13.1. The molecule has 1 fully saturated rings. The van der Waals surface area contributed by atoms with Crippen LogP contribution in [0.2, 0.25) is 0 Å². The lowest BCUT2D eigenvalue weighted by atomic mass is 9.94. The van der Waals surface area contributed by atoms with Crippen LogP contribution >= 0.6 is 0 Å². The molecule has 3 rings (SSSR count). The first-order valence-corrected chi connectivity index (χ1v) is 9.34. The predicted molar refractivity (Wildman–Crippen MR) is 100.0 cm³/mol. The fourth-order valence-electron chi connectivity index (χ4n) is 3.38. The molecule has 144 valence electrons. The summed E-state index contributed by atoms with van der Waals surface area (Å²) in [6.07, 6.45) is 4.38. The molecule has 0 spiro atoms. The summed E-state index contributed by atoms with van der Waals surface area (Å²) in [4.78, 5) is 25.7. The number of para-hydroxylation sites is 1. The molecule has 0 bridgehead atoms. The predicted octanol–water partition coefficient (Wildman–Crippen LogP) is 2.78. The molecular formula is C20H25N3O4. The van der Waals surface area contributed by atoms with Crippen molar-refractivity contribution >= 4 is 11.9 Å². The first-order chi connectivity index (χ1) is 13.1. The van der Waals surface area contributed by atoms with Gasteiger partial charge in [0.15, 0.2) is 0 Å². The van der Waals surface area contributed by atoms with Crippen LogP contribution in [0.4, 0.5) is 0 Å². The van der Waals surface area contributed by atoms with Crippen molar-refractivity contribution in [3.05, 3.63) is 47.8 Å². The molecule has 7 heteroatoms. The van der Waals surface area contributed by atoms with E-state index in [0.29, 0.717) is 31.0 Å². The van der Waals surface area contributed by atoms with Crippen LogP contribution < -0.4 is 4.74 Å². The smallest absolute Gasteiger partial charge is 0.325 e. The van der Waals surface area contributed by atoms with Gasteiger partial charge in [0.05, 0.1) is 17.9 Å². The van der Waals surface area contributed by atoms with Crippen molar-refractivity contribution in [3.8, 4) is 5.75 Å². The van der Waals surface area contributed by atoms with Crippen LogP contribution in [-0.4, -0.2) is 51.4 Å². The Morgan fingerprint density at radius 2 is 2.11 bits per heavy atom. The number of carboxylic acids is 1. The van der Waals surface area contributed by atoms with Crippen LogP contribution in [0.15, 0.2) is 36.5 Å². The van der Waals surface area contributed by atoms with Gasteiger partial charge in [0.25, 0.3) is 5.91 Å². The fourth-order valence-corrected chi connectivity index (χ4v) is 3.38. The van der Waals surface area contributed by atoms with E-state index < -0.39 is 5.97 Å². The molecule has 2 aromatic rings. The number of rotatable bonds is 7. The second kappa shape index (κ2) is 8.70. The highest BCUT2D eigenvalue weighted by Crippen LogP contribution is 2.28. The van der Waals surface area contributed by atoms with Gasteiger partial charge in [-0.15, -0.1) is 0 Å². The number of benzene rings is 1. The van der Waals surface area contributed by atoms with Gasteiger partial charge in [-0.3, -0.25) is 14.3 Å². The summed E-state index contributed by atoms with van der Waals surface area (Å²) < 4.78 is 7.15. The van der Waals surface area contributed by atoms with E-state index in [4.69, 9.17) is 9.84 Å². The molecule has 1 amide bonds. The van der Waals surface area contributed by atoms with Crippen molar-refractivity contribution in [2.24, 2.45) is 0 Å². The number of aromatic nitrogens is 2. The molecule has 7 nitrogen and oxygen atoms in total. The van der Waals surface area contributed by atoms with Crippen molar-refractivity contribution in [1.29, 1.82) is 0 Å². The number of carbonyl (C=O) groups excluding carboxylic acids is 1. The van der Waals surface area contributed by atoms with Crippen LogP contribution in [0.1, 0.15) is 48.2 Å². The molecular weight excluding hydrogens is 346 g/mol. The average Bonchev–Trinajstić information content (AvgIpc) is 3.14. The number of hydrogen-bond acceptors (Lipinski definition) is 4. The molecule has 0 unspecified atom stereocenters. The van der Waals surface area contributed by atoms with Crippen molar-refractivity contribution < 1.29 is 19.4 Å². The Morgan fingerprint density at radius 1 is 1.30 bits per heavy atom. The molecule has 27 heavy (non-hydrogen) atoms. The Hall–Kier alpha value is -2.83. The van der Waals surface area contributed by atoms with Crippen molar-refractivity contribution in [2.45, 2.75) is 38.6 Å². The van der Waals surface area contributed by atoms with E-state index in [2.05, 4.69) is 5.10 Å². The zero-order valence-electron chi connectivity index (χ0n) is 15.5. The number of piperidine rings is 1. The maximum absolute atomic E-state index is 13.1. The monoisotopic (exact) mass is 371 g/mol. The van der Waals surface area contributed by atoms with E-state index in [1.807, 2.05) is 36.1 Å². The number of carbonyl (C=O) groups is 2. The number of nitrogens with zero attached hydrogens (tertiary/aromatic N) is 3. The van der Waals surface area contributed by atoms with E-state index >= 15 is 0 Å². The van der Waals surface area contributed by atoms with E-state index in [1.54, 1.807) is 12.3 Å². The van der Waals surface area contributed by atoms with Crippen LogP contribution in [-0.2, 0) is 11.3 Å². The van der Waals surface area contributed by atoms with Gasteiger partial charge in [-0.2, -0.15) is 5.10 Å². The first-order valence-electron chi connectivity index (χ1n) is 9.34. The summed E-state index contributed by atoms with van der Waals surface area (Å²) >= 11 is 0. The molecule has 1 N–H and O–H groups in total. The standard InChI is InChI=1S/C20H25N3O4/c1-2-12-27-18-8-4-3-7-16(18)20(26)22-10-5-6-15(13-22)17-9-11-23(21-17)14-19(24)25/h3-4,7-9,11,15H,2,5-6,10,12-14H2,1H3,(H,24,25)/t15-/m1/s1. The molecule has 1 aliphatic heterocycles. The third-order valence-electron chi connectivity index (χ3n) is 4.66. The zero-order valence-corrected chi connectivity index (χ0v) is 15.5. The SMILES string of the molecule is CCCOc1ccccc1C(=O)N1CCC[C@@H](c2ccn(CC(=O)O)n2)C1. The Bertz CT molecular complexity index is 802. The van der Waals surface area contributed by atoms with E-state index in [0.717, 1.165) is 25.0 Å². The van der Waals surface area contributed by atoms with Crippen LogP contribution in [0, 0.1) is 0 Å². The summed E-state index contributed by atoms with van der Waals surface area (Å²) in [5, 5.41) is 13.3. The van der Waals surface area contributed by atoms with E-state index in [1.165, 1.54) is 4.68 Å². The minimum absolute atomic E-state index is 0.0311. The molecule has 1 aliphatic rings. The topological polar surface area (TPSA) is 84.7 Å². The van der Waals surface area contributed by atoms with Gasteiger partial charge in [-0.05, 0) is 37.5 Å². The Morgan fingerprint density at radius 3 is 2.89 bits per heavy atom. The molecule has 1 saturated heterocycles. The van der Waals surface area contributed by atoms with E-state index in [9.17, 15) is 9.59 Å². The molecule has 1 atom stereocenters. The third kappa shape index (κ3) is 4.67. The minimum Gasteiger partial charge on any atom is -0.493 e. The lowest BCUT2D eigenvalue weighted by Gasteiger charge is -2.32. The number of likely N-dealkylation sites (tertiary alicyclic amines) is 1. The summed E-state index contributed by atoms with van der Waals surface area (Å²) in [7, 11) is 0. The second-order valence-corrected chi connectivity index (χ2v) is 6.77. The molecule has 1 aromatic heterocycles. The molecule has 0 radical (unpaired) electrons. The minimum atomic E-state index is -0.922. The zero-order chi connectivity index (χ0) is 19.2. The summed E-state index contributed by atoms with van der Waals surface area (Å²) in [6, 6.07) is 9.20. The van der Waals surface area contributed by atoms with Crippen LogP contribution in [0.25, 0.3) is 0 Å². The van der Waals surface area contributed by atoms with Crippen molar-refractivity contribution in [3.63, 3.8) is 0 Å². The molecule has 0 aliphatic carbocycles. The van der Waals surface area contributed by atoms with Crippen LogP contribution in [0.3, 0.4) is 0 Å². The largest absolute Gasteiger partial charge is 0.493 e. The highest BCUT2D eigenvalue weighted by atomic mass is 16.5. The van der Waals surface area contributed by atoms with Crippen molar-refractivity contribution in [2.75, 3.05) is 19.7 Å². The number of carboxylic acid groups (broad SMARTS) is 1. The number of aliphatic carboxylic acids is 1. The second-order valence-electron chi connectivity index (χ2n) is 6.77.